The molecule has 0 aliphatic heterocycles. The highest BCUT2D eigenvalue weighted by Crippen LogP contribution is 2.20. The van der Waals surface area contributed by atoms with Crippen LogP contribution < -0.4 is 10.5 Å². The third kappa shape index (κ3) is 2.54. The lowest BCUT2D eigenvalue weighted by Gasteiger charge is -2.07. The molecule has 0 amide bonds. The molecule has 2 heterocycles. The summed E-state index contributed by atoms with van der Waals surface area (Å²) in [4.78, 5) is 8.82. The SMILES string of the molecule is COc1cccc(CCn2c(N)nc3c(C)ccnc32)c1. The molecule has 21 heavy (non-hydrogen) atoms. The van der Waals surface area contributed by atoms with Gasteiger partial charge >= 0.3 is 0 Å². The average Bonchev–Trinajstić information content (AvgIpc) is 2.83. The lowest BCUT2D eigenvalue weighted by Crippen LogP contribution is -2.06. The van der Waals surface area contributed by atoms with E-state index in [4.69, 9.17) is 10.5 Å². The molecular formula is C16H18N4O. The normalized spacial score (nSPS) is 11.0. The van der Waals surface area contributed by atoms with E-state index in [2.05, 4.69) is 16.0 Å². The molecule has 0 bridgehead atoms. The van der Waals surface area contributed by atoms with E-state index < -0.39 is 0 Å². The van der Waals surface area contributed by atoms with E-state index in [0.29, 0.717) is 5.95 Å². The number of nitrogens with two attached hydrogens (primary N) is 1. The Hall–Kier alpha value is -2.56. The van der Waals surface area contributed by atoms with Crippen LogP contribution in [0.5, 0.6) is 5.75 Å². The predicted octanol–water partition coefficient (Wildman–Crippen LogP) is 2.57. The number of ether oxygens (including phenoxy) is 1. The van der Waals surface area contributed by atoms with Gasteiger partial charge in [-0.2, -0.15) is 0 Å². The van der Waals surface area contributed by atoms with Gasteiger partial charge in [0.05, 0.1) is 7.11 Å². The molecule has 0 radical (unpaired) electrons. The van der Waals surface area contributed by atoms with Gasteiger partial charge in [0.15, 0.2) is 5.65 Å². The van der Waals surface area contributed by atoms with E-state index in [1.165, 1.54) is 5.56 Å². The van der Waals surface area contributed by atoms with E-state index in [0.717, 1.165) is 35.4 Å². The van der Waals surface area contributed by atoms with Crippen LogP contribution >= 0.6 is 0 Å². The second-order valence-corrected chi connectivity index (χ2v) is 5.02. The lowest BCUT2D eigenvalue weighted by atomic mass is 10.1. The van der Waals surface area contributed by atoms with Crippen LogP contribution in [0.4, 0.5) is 5.95 Å². The van der Waals surface area contributed by atoms with Gasteiger partial charge < -0.3 is 10.5 Å². The predicted molar refractivity (Wildman–Crippen MR) is 83.4 cm³/mol. The maximum Gasteiger partial charge on any atom is 0.202 e. The first-order chi connectivity index (χ1) is 10.2. The summed E-state index contributed by atoms with van der Waals surface area (Å²) in [6.07, 6.45) is 2.64. The number of nitrogen functional groups attached to an aromatic ring is 1. The van der Waals surface area contributed by atoms with Crippen LogP contribution in [0.2, 0.25) is 0 Å². The summed E-state index contributed by atoms with van der Waals surface area (Å²) in [5.41, 5.74) is 10.0. The number of aryl methyl sites for hydroxylation is 3. The van der Waals surface area contributed by atoms with Crippen molar-refractivity contribution in [3.05, 3.63) is 47.7 Å². The number of methoxy groups -OCH3 is 1. The standard InChI is InChI=1S/C16H18N4O/c1-11-6-8-18-15-14(11)19-16(17)20(15)9-7-12-4-3-5-13(10-12)21-2/h3-6,8,10H,7,9H2,1-2H3,(H2,17,19). The Morgan fingerprint density at radius 1 is 1.29 bits per heavy atom. The Morgan fingerprint density at radius 3 is 2.95 bits per heavy atom. The highest BCUT2D eigenvalue weighted by molar-refractivity contribution is 5.77. The molecule has 1 aromatic carbocycles. The maximum absolute atomic E-state index is 6.03. The van der Waals surface area contributed by atoms with Crippen LogP contribution in [0, 0.1) is 6.92 Å². The van der Waals surface area contributed by atoms with Crippen LogP contribution in [0.15, 0.2) is 36.5 Å². The molecule has 5 heteroatoms. The highest BCUT2D eigenvalue weighted by atomic mass is 16.5. The van der Waals surface area contributed by atoms with Gasteiger partial charge in [0.1, 0.15) is 11.3 Å². The van der Waals surface area contributed by atoms with Gasteiger partial charge in [-0.1, -0.05) is 12.1 Å². The topological polar surface area (TPSA) is 66.0 Å². The minimum atomic E-state index is 0.509. The van der Waals surface area contributed by atoms with Crippen LogP contribution in [0.25, 0.3) is 11.2 Å². The fourth-order valence-corrected chi connectivity index (χ4v) is 2.44. The number of pyridine rings is 1. The number of rotatable bonds is 4. The van der Waals surface area contributed by atoms with Crippen LogP contribution in [0.1, 0.15) is 11.1 Å². The van der Waals surface area contributed by atoms with Crippen molar-refractivity contribution in [2.24, 2.45) is 0 Å². The molecule has 2 N–H and O–H groups in total. The van der Waals surface area contributed by atoms with Gasteiger partial charge in [0.2, 0.25) is 5.95 Å². The molecule has 0 spiro atoms. The summed E-state index contributed by atoms with van der Waals surface area (Å²) in [6, 6.07) is 9.99. The maximum atomic E-state index is 6.03. The fourth-order valence-electron chi connectivity index (χ4n) is 2.44. The largest absolute Gasteiger partial charge is 0.497 e. The Kier molecular flexibility index (Phi) is 3.48. The monoisotopic (exact) mass is 282 g/mol. The summed E-state index contributed by atoms with van der Waals surface area (Å²) >= 11 is 0. The molecule has 0 unspecified atom stereocenters. The molecule has 2 aromatic heterocycles. The van der Waals surface area contributed by atoms with Crippen molar-refractivity contribution in [3.8, 4) is 5.75 Å². The van der Waals surface area contributed by atoms with Crippen LogP contribution in [-0.4, -0.2) is 21.6 Å². The summed E-state index contributed by atoms with van der Waals surface area (Å²) in [6.45, 7) is 2.76. The third-order valence-corrected chi connectivity index (χ3v) is 3.62. The van der Waals surface area contributed by atoms with E-state index in [9.17, 15) is 0 Å². The van der Waals surface area contributed by atoms with Crippen molar-refractivity contribution >= 4 is 17.1 Å². The molecule has 3 rings (SSSR count). The number of hydrogen-bond donors (Lipinski definition) is 1. The van der Waals surface area contributed by atoms with Gasteiger partial charge in [-0.15, -0.1) is 0 Å². The molecule has 3 aromatic rings. The molecule has 108 valence electrons. The molecule has 0 saturated carbocycles. The quantitative estimate of drug-likeness (QED) is 0.798. The molecule has 0 fully saturated rings. The molecule has 5 nitrogen and oxygen atoms in total. The number of nitrogens with zero attached hydrogens (tertiary/aromatic N) is 3. The van der Waals surface area contributed by atoms with Crippen LogP contribution in [-0.2, 0) is 13.0 Å². The number of aromatic nitrogens is 3. The van der Waals surface area contributed by atoms with Crippen molar-refractivity contribution < 1.29 is 4.74 Å². The van der Waals surface area contributed by atoms with Gasteiger partial charge in [-0.05, 0) is 42.7 Å². The van der Waals surface area contributed by atoms with Crippen molar-refractivity contribution in [2.45, 2.75) is 19.9 Å². The Bertz CT molecular complexity index is 779. The minimum Gasteiger partial charge on any atom is -0.497 e. The van der Waals surface area contributed by atoms with Gasteiger partial charge in [0, 0.05) is 12.7 Å². The van der Waals surface area contributed by atoms with Gasteiger partial charge in [-0.3, -0.25) is 4.57 Å². The zero-order valence-electron chi connectivity index (χ0n) is 12.2. The summed E-state index contributed by atoms with van der Waals surface area (Å²) in [5, 5.41) is 0. The first-order valence-corrected chi connectivity index (χ1v) is 6.89. The van der Waals surface area contributed by atoms with Crippen molar-refractivity contribution in [3.63, 3.8) is 0 Å². The summed E-state index contributed by atoms with van der Waals surface area (Å²) in [7, 11) is 1.67. The second-order valence-electron chi connectivity index (χ2n) is 5.02. The molecule has 0 aliphatic carbocycles. The number of fused-ring (bicyclic) bond motifs is 1. The van der Waals surface area contributed by atoms with E-state index in [1.807, 2.05) is 35.8 Å². The van der Waals surface area contributed by atoms with Crippen molar-refractivity contribution in [1.82, 2.24) is 14.5 Å². The van der Waals surface area contributed by atoms with Crippen LogP contribution in [0.3, 0.4) is 0 Å². The smallest absolute Gasteiger partial charge is 0.202 e. The summed E-state index contributed by atoms with van der Waals surface area (Å²) in [5.74, 6) is 1.37. The molecule has 0 aliphatic rings. The first-order valence-electron chi connectivity index (χ1n) is 6.89. The molecule has 0 atom stereocenters. The average molecular weight is 282 g/mol. The number of anilines is 1. The van der Waals surface area contributed by atoms with Crippen molar-refractivity contribution in [1.29, 1.82) is 0 Å². The lowest BCUT2D eigenvalue weighted by molar-refractivity contribution is 0.414. The van der Waals surface area contributed by atoms with Gasteiger partial charge in [-0.25, -0.2) is 9.97 Å². The molecular weight excluding hydrogens is 264 g/mol. The summed E-state index contributed by atoms with van der Waals surface area (Å²) < 4.78 is 7.21. The highest BCUT2D eigenvalue weighted by Gasteiger charge is 2.11. The Labute approximate surface area is 123 Å². The number of hydrogen-bond acceptors (Lipinski definition) is 4. The number of imidazole rings is 1. The van der Waals surface area contributed by atoms with E-state index in [1.54, 1.807) is 13.3 Å². The zero-order chi connectivity index (χ0) is 14.8. The Morgan fingerprint density at radius 2 is 2.14 bits per heavy atom. The van der Waals surface area contributed by atoms with Crippen molar-refractivity contribution in [2.75, 3.05) is 12.8 Å². The zero-order valence-corrected chi connectivity index (χ0v) is 12.2. The van der Waals surface area contributed by atoms with E-state index in [-0.39, 0.29) is 0 Å². The number of benzene rings is 1. The minimum absolute atomic E-state index is 0.509. The first kappa shape index (κ1) is 13.4. The molecule has 0 saturated heterocycles. The second kappa shape index (κ2) is 5.44. The third-order valence-electron chi connectivity index (χ3n) is 3.62. The van der Waals surface area contributed by atoms with Gasteiger partial charge in [0.25, 0.3) is 0 Å². The van der Waals surface area contributed by atoms with E-state index >= 15 is 0 Å². The fraction of sp³-hybridized carbons (Fsp3) is 0.250. The Balaban J connectivity index is 1.88.